The number of amides is 1. The summed E-state index contributed by atoms with van der Waals surface area (Å²) in [5, 5.41) is 2.36. The summed E-state index contributed by atoms with van der Waals surface area (Å²) < 4.78 is 67.2. The van der Waals surface area contributed by atoms with Crippen molar-refractivity contribution in [3.63, 3.8) is 0 Å². The second-order valence-electron chi connectivity index (χ2n) is 5.72. The third-order valence-corrected chi connectivity index (χ3v) is 3.73. The molecule has 0 spiro atoms. The minimum absolute atomic E-state index is 0.00378. The summed E-state index contributed by atoms with van der Waals surface area (Å²) in [7, 11) is 1.26. The van der Waals surface area contributed by atoms with Crippen molar-refractivity contribution in [3.8, 4) is 11.5 Å². The van der Waals surface area contributed by atoms with Gasteiger partial charge < -0.3 is 14.2 Å². The van der Waals surface area contributed by atoms with Gasteiger partial charge in [0, 0.05) is 0 Å². The molecular formula is C19H19F4NO4. The number of nitrogens with one attached hydrogen (secondary N) is 1. The third kappa shape index (κ3) is 5.77. The molecule has 152 valence electrons. The first kappa shape index (κ1) is 21.3. The van der Waals surface area contributed by atoms with Crippen molar-refractivity contribution in [1.29, 1.82) is 0 Å². The number of anilines is 1. The van der Waals surface area contributed by atoms with Crippen LogP contribution in [0, 0.1) is 5.82 Å². The fourth-order valence-corrected chi connectivity index (χ4v) is 2.29. The fraction of sp³-hybridized carbons (Fsp3) is 0.316. The number of carbonyl (C=O) groups excluding carboxylic acids is 1. The summed E-state index contributed by atoms with van der Waals surface area (Å²) in [6.45, 7) is 1.57. The lowest BCUT2D eigenvalue weighted by atomic mass is 10.2. The molecule has 2 aromatic carbocycles. The van der Waals surface area contributed by atoms with Crippen molar-refractivity contribution in [2.45, 2.75) is 25.6 Å². The first-order chi connectivity index (χ1) is 13.2. The van der Waals surface area contributed by atoms with Gasteiger partial charge in [0.05, 0.1) is 18.4 Å². The van der Waals surface area contributed by atoms with E-state index in [1.807, 2.05) is 0 Å². The van der Waals surface area contributed by atoms with Gasteiger partial charge in [0.2, 0.25) is 0 Å². The van der Waals surface area contributed by atoms with Gasteiger partial charge in [-0.25, -0.2) is 9.18 Å². The standard InChI is InChI=1S/C19H19F4NO4/c1-3-13(11-27-14-7-4-6-12(10-14)19(21,22)23)28-18(25)24-16-9-5-8-15(20)17(16)26-2/h4-10,13H,3,11H2,1-2H3,(H,24,25). The van der Waals surface area contributed by atoms with Crippen LogP contribution in [-0.2, 0) is 10.9 Å². The second kappa shape index (κ2) is 9.29. The summed E-state index contributed by atoms with van der Waals surface area (Å²) in [5.74, 6) is -0.794. The Hall–Kier alpha value is -2.97. The molecule has 0 aliphatic heterocycles. The van der Waals surface area contributed by atoms with Crippen molar-refractivity contribution in [3.05, 3.63) is 53.8 Å². The molecule has 0 aromatic heterocycles. The quantitative estimate of drug-likeness (QED) is 0.643. The number of rotatable bonds is 7. The Kier molecular flexibility index (Phi) is 7.08. The molecule has 0 aliphatic rings. The van der Waals surface area contributed by atoms with Crippen LogP contribution in [-0.4, -0.2) is 25.9 Å². The zero-order chi connectivity index (χ0) is 20.7. The molecule has 9 heteroatoms. The highest BCUT2D eigenvalue weighted by Gasteiger charge is 2.30. The average Bonchev–Trinajstić information content (AvgIpc) is 2.65. The molecular weight excluding hydrogens is 382 g/mol. The van der Waals surface area contributed by atoms with Crippen LogP contribution < -0.4 is 14.8 Å². The van der Waals surface area contributed by atoms with Crippen LogP contribution in [0.15, 0.2) is 42.5 Å². The van der Waals surface area contributed by atoms with E-state index in [2.05, 4.69) is 5.32 Å². The van der Waals surface area contributed by atoms with Crippen molar-refractivity contribution in [2.75, 3.05) is 19.0 Å². The highest BCUT2D eigenvalue weighted by atomic mass is 19.4. The fourth-order valence-electron chi connectivity index (χ4n) is 2.29. The normalized spacial score (nSPS) is 12.2. The van der Waals surface area contributed by atoms with Gasteiger partial charge in [-0.05, 0) is 36.8 Å². The van der Waals surface area contributed by atoms with Crippen LogP contribution in [0.5, 0.6) is 11.5 Å². The van der Waals surface area contributed by atoms with Gasteiger partial charge in [-0.1, -0.05) is 19.1 Å². The van der Waals surface area contributed by atoms with E-state index >= 15 is 0 Å². The first-order valence-corrected chi connectivity index (χ1v) is 8.34. The van der Waals surface area contributed by atoms with Gasteiger partial charge in [0.15, 0.2) is 11.6 Å². The van der Waals surface area contributed by atoms with Crippen LogP contribution in [0.25, 0.3) is 0 Å². The lowest BCUT2D eigenvalue weighted by Gasteiger charge is -2.18. The number of para-hydroxylation sites is 1. The maximum atomic E-state index is 13.6. The molecule has 0 bridgehead atoms. The predicted molar refractivity (Wildman–Crippen MR) is 94.1 cm³/mol. The van der Waals surface area contributed by atoms with Crippen molar-refractivity contribution < 1.29 is 36.6 Å². The van der Waals surface area contributed by atoms with Crippen molar-refractivity contribution >= 4 is 11.8 Å². The van der Waals surface area contributed by atoms with E-state index in [4.69, 9.17) is 14.2 Å². The number of ether oxygens (including phenoxy) is 3. The minimum Gasteiger partial charge on any atom is -0.492 e. The lowest BCUT2D eigenvalue weighted by Crippen LogP contribution is -2.27. The minimum atomic E-state index is -4.48. The Labute approximate surface area is 159 Å². The molecule has 2 aromatic rings. The molecule has 1 atom stereocenters. The van der Waals surface area contributed by atoms with E-state index in [1.165, 1.54) is 37.4 Å². The van der Waals surface area contributed by atoms with Crippen molar-refractivity contribution in [2.24, 2.45) is 0 Å². The summed E-state index contributed by atoms with van der Waals surface area (Å²) in [5.41, 5.74) is -0.754. The number of alkyl halides is 3. The summed E-state index contributed by atoms with van der Waals surface area (Å²) in [6.07, 6.45) is -5.73. The molecule has 5 nitrogen and oxygen atoms in total. The largest absolute Gasteiger partial charge is 0.492 e. The Morgan fingerprint density at radius 3 is 2.54 bits per heavy atom. The Bertz CT molecular complexity index is 811. The molecule has 0 aliphatic carbocycles. The second-order valence-corrected chi connectivity index (χ2v) is 5.72. The smallest absolute Gasteiger partial charge is 0.416 e. The van der Waals surface area contributed by atoms with Gasteiger partial charge in [-0.15, -0.1) is 0 Å². The molecule has 0 radical (unpaired) electrons. The Morgan fingerprint density at radius 1 is 1.18 bits per heavy atom. The SMILES string of the molecule is CCC(COc1cccc(C(F)(F)F)c1)OC(=O)Nc1cccc(F)c1OC. The van der Waals surface area contributed by atoms with Crippen LogP contribution in [0.4, 0.5) is 28.0 Å². The molecule has 28 heavy (non-hydrogen) atoms. The van der Waals surface area contributed by atoms with Crippen LogP contribution in [0.1, 0.15) is 18.9 Å². The highest BCUT2D eigenvalue weighted by molar-refractivity contribution is 5.86. The number of hydrogen-bond donors (Lipinski definition) is 1. The van der Waals surface area contributed by atoms with E-state index in [0.717, 1.165) is 12.1 Å². The third-order valence-electron chi connectivity index (χ3n) is 3.73. The molecule has 1 unspecified atom stereocenters. The predicted octanol–water partition coefficient (Wildman–Crippen LogP) is 5.26. The maximum absolute atomic E-state index is 13.6. The molecule has 1 amide bonds. The molecule has 2 rings (SSSR count). The summed E-state index contributed by atoms with van der Waals surface area (Å²) in [4.78, 5) is 12.0. The van der Waals surface area contributed by atoms with Gasteiger partial charge >= 0.3 is 12.3 Å². The average molecular weight is 401 g/mol. The molecule has 0 saturated heterocycles. The van der Waals surface area contributed by atoms with E-state index in [1.54, 1.807) is 6.92 Å². The zero-order valence-electron chi connectivity index (χ0n) is 15.2. The maximum Gasteiger partial charge on any atom is 0.416 e. The Morgan fingerprint density at radius 2 is 1.89 bits per heavy atom. The number of carbonyl (C=O) groups is 1. The lowest BCUT2D eigenvalue weighted by molar-refractivity contribution is -0.137. The van der Waals surface area contributed by atoms with Crippen LogP contribution in [0.3, 0.4) is 0 Å². The summed E-state index contributed by atoms with van der Waals surface area (Å²) in [6, 6.07) is 8.39. The number of methoxy groups -OCH3 is 1. The van der Waals surface area contributed by atoms with E-state index in [-0.39, 0.29) is 23.8 Å². The zero-order valence-corrected chi connectivity index (χ0v) is 15.2. The van der Waals surface area contributed by atoms with Gasteiger partial charge in [0.1, 0.15) is 18.5 Å². The Balaban J connectivity index is 1.96. The topological polar surface area (TPSA) is 56.8 Å². The molecule has 1 N–H and O–H groups in total. The summed E-state index contributed by atoms with van der Waals surface area (Å²) >= 11 is 0. The van der Waals surface area contributed by atoms with E-state index < -0.39 is 29.8 Å². The number of halogens is 4. The monoisotopic (exact) mass is 401 g/mol. The molecule has 0 fully saturated rings. The highest BCUT2D eigenvalue weighted by Crippen LogP contribution is 2.31. The van der Waals surface area contributed by atoms with Gasteiger partial charge in [0.25, 0.3) is 0 Å². The number of benzene rings is 2. The van der Waals surface area contributed by atoms with Crippen molar-refractivity contribution in [1.82, 2.24) is 0 Å². The van der Waals surface area contributed by atoms with Crippen LogP contribution in [0.2, 0.25) is 0 Å². The molecule has 0 heterocycles. The van der Waals surface area contributed by atoms with Gasteiger partial charge in [-0.2, -0.15) is 13.2 Å². The van der Waals surface area contributed by atoms with Gasteiger partial charge in [-0.3, -0.25) is 5.32 Å². The van der Waals surface area contributed by atoms with E-state index in [0.29, 0.717) is 6.42 Å². The first-order valence-electron chi connectivity index (χ1n) is 8.34. The van der Waals surface area contributed by atoms with Crippen LogP contribution >= 0.6 is 0 Å². The molecule has 0 saturated carbocycles. The number of hydrogen-bond acceptors (Lipinski definition) is 4. The van der Waals surface area contributed by atoms with E-state index in [9.17, 15) is 22.4 Å².